The topological polar surface area (TPSA) is 80.1 Å². The first kappa shape index (κ1) is 17.2. The Bertz CT molecular complexity index is 980. The third-order valence-electron chi connectivity index (χ3n) is 3.53. The monoisotopic (exact) mass is 375 g/mol. The molecule has 0 fully saturated rings. The molecule has 0 unspecified atom stereocenters. The van der Waals surface area contributed by atoms with Gasteiger partial charge in [-0.2, -0.15) is 5.10 Å². The Kier molecular flexibility index (Phi) is 4.87. The first-order chi connectivity index (χ1) is 12.0. The van der Waals surface area contributed by atoms with Gasteiger partial charge in [-0.1, -0.05) is 11.6 Å². The predicted molar refractivity (Wildman–Crippen MR) is 97.3 cm³/mol. The second-order valence-electron chi connectivity index (χ2n) is 5.11. The summed E-state index contributed by atoms with van der Waals surface area (Å²) in [7, 11) is 0. The normalized spacial score (nSPS) is 10.6. The van der Waals surface area contributed by atoms with Gasteiger partial charge in [0.1, 0.15) is 5.75 Å². The molecule has 25 heavy (non-hydrogen) atoms. The molecule has 0 aliphatic rings. The standard InChI is InChI=1S/C17H14ClN3O3S/c1-2-24-12-6-3-10(4-7-12)15-19-20-17(25)21(15)11-5-8-14(18)13(9-11)16(22)23/h3-9H,2H2,1H3,(H,20,25)(H,22,23). The molecule has 0 saturated heterocycles. The van der Waals surface area contributed by atoms with Gasteiger partial charge in [-0.05, 0) is 61.6 Å². The summed E-state index contributed by atoms with van der Waals surface area (Å²) >= 11 is 11.2. The van der Waals surface area contributed by atoms with E-state index in [1.54, 1.807) is 10.6 Å². The van der Waals surface area contributed by atoms with E-state index in [1.165, 1.54) is 12.1 Å². The van der Waals surface area contributed by atoms with Gasteiger partial charge in [0.05, 0.1) is 22.9 Å². The number of carbonyl (C=O) groups is 1. The lowest BCUT2D eigenvalue weighted by molar-refractivity contribution is 0.0697. The summed E-state index contributed by atoms with van der Waals surface area (Å²) in [6.07, 6.45) is 0. The maximum absolute atomic E-state index is 11.3. The number of aromatic amines is 1. The summed E-state index contributed by atoms with van der Waals surface area (Å²) < 4.78 is 7.45. The number of carboxylic acid groups (broad SMARTS) is 1. The van der Waals surface area contributed by atoms with Gasteiger partial charge < -0.3 is 9.84 Å². The van der Waals surface area contributed by atoms with E-state index in [0.717, 1.165) is 11.3 Å². The van der Waals surface area contributed by atoms with Crippen molar-refractivity contribution in [1.82, 2.24) is 14.8 Å². The number of hydrogen-bond donors (Lipinski definition) is 2. The molecule has 0 aliphatic carbocycles. The van der Waals surface area contributed by atoms with Crippen LogP contribution >= 0.6 is 23.8 Å². The summed E-state index contributed by atoms with van der Waals surface area (Å²) in [6.45, 7) is 2.50. The van der Waals surface area contributed by atoms with Crippen molar-refractivity contribution in [2.45, 2.75) is 6.92 Å². The van der Waals surface area contributed by atoms with E-state index in [1.807, 2.05) is 31.2 Å². The molecule has 1 heterocycles. The van der Waals surface area contributed by atoms with Crippen molar-refractivity contribution in [3.05, 3.63) is 57.8 Å². The number of benzene rings is 2. The van der Waals surface area contributed by atoms with Crippen molar-refractivity contribution in [3.8, 4) is 22.8 Å². The molecule has 0 aliphatic heterocycles. The van der Waals surface area contributed by atoms with Crippen molar-refractivity contribution >= 4 is 29.8 Å². The first-order valence-corrected chi connectivity index (χ1v) is 8.23. The highest BCUT2D eigenvalue weighted by Crippen LogP contribution is 2.26. The van der Waals surface area contributed by atoms with Gasteiger partial charge in [-0.25, -0.2) is 4.79 Å². The van der Waals surface area contributed by atoms with E-state index in [9.17, 15) is 9.90 Å². The Labute approximate surface area is 153 Å². The molecule has 1 aromatic heterocycles. The van der Waals surface area contributed by atoms with Gasteiger partial charge in [-0.15, -0.1) is 0 Å². The van der Waals surface area contributed by atoms with Crippen LogP contribution in [0, 0.1) is 4.77 Å². The SMILES string of the molecule is CCOc1ccc(-c2n[nH]c(=S)n2-c2ccc(Cl)c(C(=O)O)c2)cc1. The molecule has 0 saturated carbocycles. The summed E-state index contributed by atoms with van der Waals surface area (Å²) in [4.78, 5) is 11.3. The van der Waals surface area contributed by atoms with Gasteiger partial charge in [0.25, 0.3) is 0 Å². The second-order valence-corrected chi connectivity index (χ2v) is 5.91. The lowest BCUT2D eigenvalue weighted by Gasteiger charge is -2.09. The zero-order valence-electron chi connectivity index (χ0n) is 13.2. The lowest BCUT2D eigenvalue weighted by Crippen LogP contribution is -2.03. The fourth-order valence-electron chi connectivity index (χ4n) is 2.41. The van der Waals surface area contributed by atoms with Gasteiger partial charge in [0.2, 0.25) is 0 Å². The quantitative estimate of drug-likeness (QED) is 0.648. The van der Waals surface area contributed by atoms with E-state index >= 15 is 0 Å². The molecular weight excluding hydrogens is 362 g/mol. The number of H-pyrrole nitrogens is 1. The predicted octanol–water partition coefficient (Wildman–Crippen LogP) is 4.35. The van der Waals surface area contributed by atoms with Gasteiger partial charge in [0, 0.05) is 5.56 Å². The molecule has 0 atom stereocenters. The molecule has 3 aromatic rings. The zero-order chi connectivity index (χ0) is 18.0. The Morgan fingerprint density at radius 2 is 2.04 bits per heavy atom. The molecule has 0 spiro atoms. The second kappa shape index (κ2) is 7.08. The highest BCUT2D eigenvalue weighted by Gasteiger charge is 2.15. The number of rotatable bonds is 5. The number of halogens is 1. The van der Waals surface area contributed by atoms with Crippen LogP contribution in [-0.4, -0.2) is 32.4 Å². The van der Waals surface area contributed by atoms with Crippen LogP contribution in [0.1, 0.15) is 17.3 Å². The highest BCUT2D eigenvalue weighted by molar-refractivity contribution is 7.71. The molecule has 6 nitrogen and oxygen atoms in total. The molecule has 0 amide bonds. The zero-order valence-corrected chi connectivity index (χ0v) is 14.8. The minimum atomic E-state index is -1.11. The van der Waals surface area contributed by atoms with Gasteiger partial charge >= 0.3 is 5.97 Å². The minimum Gasteiger partial charge on any atom is -0.494 e. The number of hydrogen-bond acceptors (Lipinski definition) is 4. The summed E-state index contributed by atoms with van der Waals surface area (Å²) in [5.41, 5.74) is 1.37. The van der Waals surface area contributed by atoms with Crippen molar-refractivity contribution in [2.75, 3.05) is 6.61 Å². The Morgan fingerprint density at radius 1 is 1.32 bits per heavy atom. The molecule has 2 aromatic carbocycles. The van der Waals surface area contributed by atoms with E-state index in [4.69, 9.17) is 28.6 Å². The van der Waals surface area contributed by atoms with Crippen LogP contribution in [0.15, 0.2) is 42.5 Å². The van der Waals surface area contributed by atoms with E-state index in [2.05, 4.69) is 10.2 Å². The summed E-state index contributed by atoms with van der Waals surface area (Å²) in [5, 5.41) is 16.4. The first-order valence-electron chi connectivity index (χ1n) is 7.45. The van der Waals surface area contributed by atoms with E-state index < -0.39 is 5.97 Å². The van der Waals surface area contributed by atoms with E-state index in [0.29, 0.717) is 22.9 Å². The number of nitrogens with one attached hydrogen (secondary N) is 1. The van der Waals surface area contributed by atoms with Crippen LogP contribution in [-0.2, 0) is 0 Å². The van der Waals surface area contributed by atoms with E-state index in [-0.39, 0.29) is 10.6 Å². The van der Waals surface area contributed by atoms with Crippen LogP contribution in [0.2, 0.25) is 5.02 Å². The van der Waals surface area contributed by atoms with Crippen molar-refractivity contribution in [2.24, 2.45) is 0 Å². The Hall–Kier alpha value is -2.64. The molecule has 128 valence electrons. The largest absolute Gasteiger partial charge is 0.494 e. The fraction of sp³-hybridized carbons (Fsp3) is 0.118. The fourth-order valence-corrected chi connectivity index (χ4v) is 2.85. The smallest absolute Gasteiger partial charge is 0.337 e. The number of carboxylic acids is 1. The summed E-state index contributed by atoms with van der Waals surface area (Å²) in [5.74, 6) is 0.211. The van der Waals surface area contributed by atoms with Crippen molar-refractivity contribution < 1.29 is 14.6 Å². The third-order valence-corrected chi connectivity index (χ3v) is 4.14. The molecule has 2 N–H and O–H groups in total. The van der Waals surface area contributed by atoms with Crippen molar-refractivity contribution in [1.29, 1.82) is 0 Å². The molecule has 8 heteroatoms. The Balaban J connectivity index is 2.10. The third kappa shape index (κ3) is 3.42. The number of aromatic nitrogens is 3. The number of ether oxygens (including phenoxy) is 1. The van der Waals surface area contributed by atoms with Crippen molar-refractivity contribution in [3.63, 3.8) is 0 Å². The average Bonchev–Trinajstić information content (AvgIpc) is 2.98. The summed E-state index contributed by atoms with van der Waals surface area (Å²) in [6, 6.07) is 12.1. The maximum Gasteiger partial charge on any atom is 0.337 e. The highest BCUT2D eigenvalue weighted by atomic mass is 35.5. The van der Waals surface area contributed by atoms with Gasteiger partial charge in [-0.3, -0.25) is 9.67 Å². The molecule has 0 bridgehead atoms. The molecule has 3 rings (SSSR count). The lowest BCUT2D eigenvalue weighted by atomic mass is 10.1. The molecule has 0 radical (unpaired) electrons. The van der Waals surface area contributed by atoms with Gasteiger partial charge in [0.15, 0.2) is 10.6 Å². The van der Waals surface area contributed by atoms with Crippen LogP contribution in [0.3, 0.4) is 0 Å². The van der Waals surface area contributed by atoms with Crippen LogP contribution in [0.25, 0.3) is 17.1 Å². The Morgan fingerprint density at radius 3 is 2.68 bits per heavy atom. The minimum absolute atomic E-state index is 0.0000830. The van der Waals surface area contributed by atoms with Crippen LogP contribution in [0.5, 0.6) is 5.75 Å². The van der Waals surface area contributed by atoms with Crippen LogP contribution in [0.4, 0.5) is 0 Å². The molecular formula is C17H14ClN3O3S. The number of aromatic carboxylic acids is 1. The average molecular weight is 376 g/mol. The number of nitrogens with zero attached hydrogens (tertiary/aromatic N) is 2. The maximum atomic E-state index is 11.3. The van der Waals surface area contributed by atoms with Crippen LogP contribution < -0.4 is 4.74 Å².